The molecule has 3 heterocycles. The monoisotopic (exact) mass is 352 g/mol. The topological polar surface area (TPSA) is 52.6 Å². The number of para-hydroxylation sites is 1. The molecular formula is C22H28N2O2. The van der Waals surface area contributed by atoms with Crippen LogP contribution in [0.1, 0.15) is 36.4 Å². The summed E-state index contributed by atoms with van der Waals surface area (Å²) in [7, 11) is 0. The number of hydrogen-bond acceptors (Lipinski definition) is 3. The van der Waals surface area contributed by atoms with Crippen LogP contribution in [0.3, 0.4) is 0 Å². The van der Waals surface area contributed by atoms with Crippen molar-refractivity contribution in [3.63, 3.8) is 0 Å². The minimum absolute atomic E-state index is 0.729. The molecule has 2 bridgehead atoms. The predicted molar refractivity (Wildman–Crippen MR) is 105 cm³/mol. The summed E-state index contributed by atoms with van der Waals surface area (Å²) < 4.78 is 0. The maximum Gasteiger partial charge on any atom is 0.330 e. The second kappa shape index (κ2) is 8.86. The Kier molecular flexibility index (Phi) is 6.29. The molecule has 1 unspecified atom stereocenters. The van der Waals surface area contributed by atoms with Gasteiger partial charge in [-0.05, 0) is 68.9 Å². The van der Waals surface area contributed by atoms with Gasteiger partial charge in [-0.2, -0.15) is 0 Å². The van der Waals surface area contributed by atoms with Gasteiger partial charge in [0.15, 0.2) is 6.04 Å². The third kappa shape index (κ3) is 4.85. The van der Waals surface area contributed by atoms with Crippen molar-refractivity contribution in [3.05, 3.63) is 65.7 Å². The molecule has 2 aromatic rings. The Morgan fingerprint density at radius 3 is 2.04 bits per heavy atom. The number of rotatable bonds is 4. The molecule has 0 spiro atoms. The van der Waals surface area contributed by atoms with E-state index < -0.39 is 12.0 Å². The van der Waals surface area contributed by atoms with Crippen LogP contribution in [0, 0.1) is 12.8 Å². The SMILES string of the molecule is C1CN2CCC1CC2.Cc1ccccc1NC(C(=O)O)c1ccccc1. The number of aliphatic carboxylic acids is 1. The van der Waals surface area contributed by atoms with Crippen LogP contribution in [0.15, 0.2) is 54.6 Å². The highest BCUT2D eigenvalue weighted by molar-refractivity contribution is 5.79. The van der Waals surface area contributed by atoms with E-state index in [0.29, 0.717) is 0 Å². The van der Waals surface area contributed by atoms with Crippen LogP contribution in [0.5, 0.6) is 0 Å². The summed E-state index contributed by atoms with van der Waals surface area (Å²) in [5.41, 5.74) is 2.61. The molecule has 26 heavy (non-hydrogen) atoms. The fraction of sp³-hybridized carbons (Fsp3) is 0.409. The van der Waals surface area contributed by atoms with Crippen molar-refractivity contribution >= 4 is 11.7 Å². The number of fused-ring (bicyclic) bond motifs is 3. The minimum atomic E-state index is -0.885. The number of carboxylic acids is 1. The van der Waals surface area contributed by atoms with Gasteiger partial charge in [0.2, 0.25) is 0 Å². The zero-order valence-electron chi connectivity index (χ0n) is 15.4. The lowest BCUT2D eigenvalue weighted by molar-refractivity contribution is -0.138. The maximum absolute atomic E-state index is 11.4. The number of carboxylic acid groups (broad SMARTS) is 1. The molecule has 3 aliphatic rings. The molecule has 4 nitrogen and oxygen atoms in total. The first kappa shape index (κ1) is 18.5. The number of nitrogens with one attached hydrogen (secondary N) is 1. The van der Waals surface area contributed by atoms with Crippen LogP contribution in [0.2, 0.25) is 0 Å². The third-order valence-electron chi connectivity index (χ3n) is 5.39. The Hall–Kier alpha value is -2.33. The summed E-state index contributed by atoms with van der Waals surface area (Å²) in [6, 6.07) is 16.1. The zero-order valence-corrected chi connectivity index (χ0v) is 15.4. The van der Waals surface area contributed by atoms with Crippen LogP contribution >= 0.6 is 0 Å². The molecule has 2 aromatic carbocycles. The lowest BCUT2D eigenvalue weighted by atomic mass is 9.89. The van der Waals surface area contributed by atoms with Crippen molar-refractivity contribution in [1.82, 2.24) is 4.90 Å². The average Bonchev–Trinajstić information content (AvgIpc) is 2.70. The molecule has 0 aliphatic carbocycles. The van der Waals surface area contributed by atoms with Gasteiger partial charge in [-0.1, -0.05) is 48.5 Å². The van der Waals surface area contributed by atoms with E-state index in [2.05, 4.69) is 10.2 Å². The lowest BCUT2D eigenvalue weighted by Gasteiger charge is -2.38. The van der Waals surface area contributed by atoms with E-state index in [4.69, 9.17) is 0 Å². The van der Waals surface area contributed by atoms with Gasteiger partial charge in [0.05, 0.1) is 0 Å². The maximum atomic E-state index is 11.4. The molecule has 3 aliphatic heterocycles. The van der Waals surface area contributed by atoms with Crippen molar-refractivity contribution in [2.24, 2.45) is 5.92 Å². The van der Waals surface area contributed by atoms with E-state index in [-0.39, 0.29) is 0 Å². The van der Waals surface area contributed by atoms with E-state index in [0.717, 1.165) is 22.7 Å². The Morgan fingerprint density at radius 2 is 1.58 bits per heavy atom. The quantitative estimate of drug-likeness (QED) is 0.860. The second-order valence-electron chi connectivity index (χ2n) is 7.21. The van der Waals surface area contributed by atoms with Gasteiger partial charge >= 0.3 is 5.97 Å². The molecule has 0 radical (unpaired) electrons. The highest BCUT2D eigenvalue weighted by Crippen LogP contribution is 2.26. The highest BCUT2D eigenvalue weighted by Gasteiger charge is 2.24. The first-order valence-electron chi connectivity index (χ1n) is 9.46. The fourth-order valence-corrected chi connectivity index (χ4v) is 3.69. The van der Waals surface area contributed by atoms with Gasteiger partial charge in [-0.25, -0.2) is 4.79 Å². The molecule has 0 aromatic heterocycles. The van der Waals surface area contributed by atoms with Crippen molar-refractivity contribution in [1.29, 1.82) is 0 Å². The van der Waals surface area contributed by atoms with Crippen LogP contribution in [-0.2, 0) is 4.79 Å². The summed E-state index contributed by atoms with van der Waals surface area (Å²) >= 11 is 0. The summed E-state index contributed by atoms with van der Waals surface area (Å²) in [4.78, 5) is 13.9. The fourth-order valence-electron chi connectivity index (χ4n) is 3.69. The van der Waals surface area contributed by atoms with Crippen molar-refractivity contribution in [3.8, 4) is 0 Å². The Morgan fingerprint density at radius 1 is 1.00 bits per heavy atom. The second-order valence-corrected chi connectivity index (χ2v) is 7.21. The molecular weight excluding hydrogens is 324 g/mol. The van der Waals surface area contributed by atoms with Crippen molar-refractivity contribution < 1.29 is 9.90 Å². The van der Waals surface area contributed by atoms with Crippen LogP contribution in [0.25, 0.3) is 0 Å². The largest absolute Gasteiger partial charge is 0.479 e. The van der Waals surface area contributed by atoms with Crippen LogP contribution in [-0.4, -0.2) is 35.6 Å². The number of nitrogens with zero attached hydrogens (tertiary/aromatic N) is 1. The molecule has 2 N–H and O–H groups in total. The molecule has 138 valence electrons. The van der Waals surface area contributed by atoms with Crippen LogP contribution in [0.4, 0.5) is 5.69 Å². The third-order valence-corrected chi connectivity index (χ3v) is 5.39. The summed E-state index contributed by atoms with van der Waals surface area (Å²) in [5.74, 6) is 0.226. The molecule has 3 saturated heterocycles. The van der Waals surface area contributed by atoms with E-state index in [9.17, 15) is 9.90 Å². The zero-order chi connectivity index (χ0) is 18.4. The smallest absolute Gasteiger partial charge is 0.330 e. The highest BCUT2D eigenvalue weighted by atomic mass is 16.4. The first-order chi connectivity index (χ1) is 12.6. The Labute approximate surface area is 155 Å². The number of anilines is 1. The predicted octanol–water partition coefficient (Wildman–Crippen LogP) is 4.33. The van der Waals surface area contributed by atoms with Gasteiger partial charge < -0.3 is 15.3 Å². The summed E-state index contributed by atoms with van der Waals surface area (Å²) in [5, 5.41) is 12.4. The number of benzene rings is 2. The number of hydrogen-bond donors (Lipinski definition) is 2. The number of carbonyl (C=O) groups is 1. The van der Waals surface area contributed by atoms with E-state index in [1.165, 1.54) is 38.9 Å². The first-order valence-corrected chi connectivity index (χ1v) is 9.46. The minimum Gasteiger partial charge on any atom is -0.479 e. The van der Waals surface area contributed by atoms with E-state index in [1.54, 1.807) is 0 Å². The standard InChI is InChI=1S/C15H15NO2.C7H13N/c1-11-7-5-6-10-13(11)16-14(15(17)18)12-8-3-2-4-9-12;1-4-8-5-2-7(1)3-6-8/h2-10,14,16H,1H3,(H,17,18);7H,1-6H2. The van der Waals surface area contributed by atoms with Crippen LogP contribution < -0.4 is 5.32 Å². The van der Waals surface area contributed by atoms with E-state index in [1.807, 2.05) is 61.5 Å². The molecule has 5 rings (SSSR count). The van der Waals surface area contributed by atoms with Crippen molar-refractivity contribution in [2.75, 3.05) is 25.0 Å². The Bertz CT molecular complexity index is 686. The number of aryl methyl sites for hydroxylation is 1. The van der Waals surface area contributed by atoms with Gasteiger partial charge in [0, 0.05) is 5.69 Å². The lowest BCUT2D eigenvalue weighted by Crippen LogP contribution is -2.41. The molecule has 0 saturated carbocycles. The van der Waals surface area contributed by atoms with Gasteiger partial charge in [-0.3, -0.25) is 0 Å². The van der Waals surface area contributed by atoms with Crippen molar-refractivity contribution in [2.45, 2.75) is 32.2 Å². The van der Waals surface area contributed by atoms with Gasteiger partial charge in [-0.15, -0.1) is 0 Å². The average molecular weight is 352 g/mol. The number of piperidine rings is 3. The Balaban J connectivity index is 0.000000201. The summed E-state index contributed by atoms with van der Waals surface area (Å²) in [6.45, 7) is 6.13. The molecule has 0 amide bonds. The van der Waals surface area contributed by atoms with E-state index >= 15 is 0 Å². The molecule has 4 heteroatoms. The van der Waals surface area contributed by atoms with Gasteiger partial charge in [0.1, 0.15) is 0 Å². The normalized spacial score (nSPS) is 22.0. The molecule has 1 atom stereocenters. The van der Waals surface area contributed by atoms with Gasteiger partial charge in [0.25, 0.3) is 0 Å². The molecule has 3 fully saturated rings. The summed E-state index contributed by atoms with van der Waals surface area (Å²) in [6.07, 6.45) is 4.46.